The molecule has 6 N–H and O–H groups in total. The molecule has 0 saturated carbocycles. The van der Waals surface area contributed by atoms with Gasteiger partial charge in [0.05, 0.1) is 0 Å². The Bertz CT molecular complexity index is 2130. The Morgan fingerprint density at radius 3 is 1.17 bits per heavy atom. The highest BCUT2D eigenvalue weighted by molar-refractivity contribution is 6.05. The molecule has 7 rings (SSSR count). The number of hydrogen-bond donors (Lipinski definition) is 6. The molecule has 3 aromatic rings. The van der Waals surface area contributed by atoms with E-state index in [1.165, 1.54) is 36.4 Å². The predicted octanol–water partition coefficient (Wildman–Crippen LogP) is 5.68. The van der Waals surface area contributed by atoms with Crippen molar-refractivity contribution >= 4 is 21.9 Å². The molecule has 42 heavy (non-hydrogen) atoms. The first-order valence-corrected chi connectivity index (χ1v) is 12.5. The van der Waals surface area contributed by atoms with Gasteiger partial charge in [-0.3, -0.25) is 9.59 Å². The Labute approximate surface area is 234 Å². The molecule has 206 valence electrons. The standard InChI is InChI=1S/C32H18O10/c33-19-5-15-27(9-23(19)37)41-28-10-24(38)20(34)6-16(28)31(15)13-1-2-14(4-3-13)32-17-7-21(35)25(39)11-29(17)42-30-12-26(40)22(36)8-18(30)32/h1-12,33-37,39H. The molecule has 4 aliphatic rings. The average Bonchev–Trinajstić information content (AvgIpc) is 2.95. The third-order valence-electron chi connectivity index (χ3n) is 7.26. The fourth-order valence-electron chi connectivity index (χ4n) is 5.29. The van der Waals surface area contributed by atoms with Gasteiger partial charge in [0.15, 0.2) is 34.5 Å². The molecule has 0 saturated heterocycles. The summed E-state index contributed by atoms with van der Waals surface area (Å²) in [5.41, 5.74) is 1.99. The van der Waals surface area contributed by atoms with E-state index in [-0.39, 0.29) is 22.7 Å². The molecular formula is C32H18O10. The maximum Gasteiger partial charge on any atom is 0.223 e. The summed E-state index contributed by atoms with van der Waals surface area (Å²) in [6.45, 7) is 0. The van der Waals surface area contributed by atoms with Crippen LogP contribution < -0.4 is 10.9 Å². The van der Waals surface area contributed by atoms with Gasteiger partial charge in [-0.25, -0.2) is 0 Å². The van der Waals surface area contributed by atoms with Gasteiger partial charge in [-0.1, -0.05) is 24.3 Å². The van der Waals surface area contributed by atoms with Gasteiger partial charge >= 0.3 is 0 Å². The maximum absolute atomic E-state index is 12.2. The van der Waals surface area contributed by atoms with Crippen molar-refractivity contribution in [2.75, 3.05) is 0 Å². The lowest BCUT2D eigenvalue weighted by atomic mass is 9.90. The van der Waals surface area contributed by atoms with Crippen LogP contribution in [0.15, 0.2) is 91.2 Å². The second-order valence-corrected chi connectivity index (χ2v) is 9.84. The van der Waals surface area contributed by atoms with Gasteiger partial charge in [-0.15, -0.1) is 0 Å². The first-order valence-electron chi connectivity index (χ1n) is 12.5. The molecule has 2 aliphatic heterocycles. The van der Waals surface area contributed by atoms with Crippen molar-refractivity contribution in [3.8, 4) is 79.4 Å². The number of phenolic OH excluding ortho intramolecular Hbond substituents is 6. The van der Waals surface area contributed by atoms with Gasteiger partial charge in [0.1, 0.15) is 22.7 Å². The third-order valence-corrected chi connectivity index (χ3v) is 7.26. The van der Waals surface area contributed by atoms with Crippen LogP contribution in [0.3, 0.4) is 0 Å². The van der Waals surface area contributed by atoms with Crippen LogP contribution >= 0.6 is 0 Å². The van der Waals surface area contributed by atoms with Crippen LogP contribution in [0.25, 0.3) is 66.8 Å². The lowest BCUT2D eigenvalue weighted by Crippen LogP contribution is -2.02. The summed E-state index contributed by atoms with van der Waals surface area (Å²) >= 11 is 0. The summed E-state index contributed by atoms with van der Waals surface area (Å²) in [6, 6.07) is 16.8. The number of hydrogen-bond acceptors (Lipinski definition) is 10. The van der Waals surface area contributed by atoms with Crippen molar-refractivity contribution in [2.24, 2.45) is 0 Å². The largest absolute Gasteiger partial charge is 0.504 e. The summed E-state index contributed by atoms with van der Waals surface area (Å²) in [7, 11) is 0. The fourth-order valence-corrected chi connectivity index (χ4v) is 5.29. The minimum Gasteiger partial charge on any atom is -0.504 e. The van der Waals surface area contributed by atoms with E-state index < -0.39 is 45.4 Å². The van der Waals surface area contributed by atoms with E-state index in [0.717, 1.165) is 12.1 Å². The van der Waals surface area contributed by atoms with Crippen molar-refractivity contribution in [2.45, 2.75) is 0 Å². The monoisotopic (exact) mass is 562 g/mol. The first-order chi connectivity index (χ1) is 20.1. The highest BCUT2D eigenvalue weighted by Gasteiger charge is 2.23. The van der Waals surface area contributed by atoms with E-state index in [9.17, 15) is 40.2 Å². The van der Waals surface area contributed by atoms with Crippen LogP contribution in [-0.4, -0.2) is 30.6 Å². The summed E-state index contributed by atoms with van der Waals surface area (Å²) in [5.74, 6) is -2.32. The van der Waals surface area contributed by atoms with Gasteiger partial charge in [0.2, 0.25) is 10.9 Å². The lowest BCUT2D eigenvalue weighted by molar-refractivity contribution is 0.404. The molecule has 3 aromatic carbocycles. The van der Waals surface area contributed by atoms with Crippen molar-refractivity contribution in [3.05, 3.63) is 93.2 Å². The molecule has 0 unspecified atom stereocenters. The molecule has 2 heterocycles. The van der Waals surface area contributed by atoms with E-state index in [1.807, 2.05) is 0 Å². The number of benzene rings is 5. The predicted molar refractivity (Wildman–Crippen MR) is 153 cm³/mol. The molecule has 0 aromatic heterocycles. The van der Waals surface area contributed by atoms with Gasteiger partial charge < -0.3 is 39.5 Å². The highest BCUT2D eigenvalue weighted by Crippen LogP contribution is 2.46. The quantitative estimate of drug-likeness (QED) is 0.113. The molecule has 0 spiro atoms. The zero-order valence-electron chi connectivity index (χ0n) is 21.2. The van der Waals surface area contributed by atoms with Gasteiger partial charge in [0, 0.05) is 57.3 Å². The lowest BCUT2D eigenvalue weighted by Gasteiger charge is -2.18. The van der Waals surface area contributed by atoms with Crippen LogP contribution in [0, 0.1) is 0 Å². The Morgan fingerprint density at radius 1 is 0.429 bits per heavy atom. The van der Waals surface area contributed by atoms with E-state index >= 15 is 0 Å². The zero-order chi connectivity index (χ0) is 29.4. The van der Waals surface area contributed by atoms with Crippen LogP contribution in [0.5, 0.6) is 34.5 Å². The average molecular weight is 562 g/mol. The Balaban J connectivity index is 1.51. The van der Waals surface area contributed by atoms with Crippen molar-refractivity contribution in [1.82, 2.24) is 0 Å². The Morgan fingerprint density at radius 2 is 0.786 bits per heavy atom. The van der Waals surface area contributed by atoms with E-state index in [4.69, 9.17) is 8.83 Å². The van der Waals surface area contributed by atoms with Gasteiger partial charge in [-0.05, 0) is 35.4 Å². The molecule has 0 fully saturated rings. The SMILES string of the molecule is O=c1cc2oc3cc(O)c(O)cc3c(-c3ccc(-c4c5cc(O)c(=O)cc-5oc5cc(O)c(O)cc45)cc3)c-2cc1O. The molecule has 0 bridgehead atoms. The summed E-state index contributed by atoms with van der Waals surface area (Å²) < 4.78 is 11.7. The molecule has 10 nitrogen and oxygen atoms in total. The number of aromatic hydroxyl groups is 6. The summed E-state index contributed by atoms with van der Waals surface area (Å²) in [6.07, 6.45) is 0. The van der Waals surface area contributed by atoms with E-state index in [2.05, 4.69) is 0 Å². The number of fused-ring (bicyclic) bond motifs is 4. The Hall–Kier alpha value is -6.16. The molecule has 10 heteroatoms. The second kappa shape index (κ2) is 8.67. The fraction of sp³-hybridized carbons (Fsp3) is 0. The van der Waals surface area contributed by atoms with Crippen molar-refractivity contribution in [1.29, 1.82) is 0 Å². The smallest absolute Gasteiger partial charge is 0.223 e. The van der Waals surface area contributed by atoms with E-state index in [0.29, 0.717) is 44.2 Å². The summed E-state index contributed by atoms with van der Waals surface area (Å²) in [4.78, 5) is 24.3. The minimum atomic E-state index is -0.651. The van der Waals surface area contributed by atoms with Crippen LogP contribution in [0.4, 0.5) is 0 Å². The van der Waals surface area contributed by atoms with Crippen LogP contribution in [-0.2, 0) is 0 Å². The van der Waals surface area contributed by atoms with E-state index in [1.54, 1.807) is 24.3 Å². The zero-order valence-corrected chi connectivity index (χ0v) is 21.2. The molecular weight excluding hydrogens is 544 g/mol. The Kier molecular flexibility index (Phi) is 5.13. The minimum absolute atomic E-state index is 0.148. The molecule has 0 atom stereocenters. The first kappa shape index (κ1) is 24.9. The second-order valence-electron chi connectivity index (χ2n) is 9.84. The number of rotatable bonds is 2. The highest BCUT2D eigenvalue weighted by atomic mass is 16.3. The molecule has 2 aliphatic carbocycles. The van der Waals surface area contributed by atoms with Crippen LogP contribution in [0.2, 0.25) is 0 Å². The number of phenols is 6. The van der Waals surface area contributed by atoms with Gasteiger partial charge in [-0.2, -0.15) is 0 Å². The summed E-state index contributed by atoms with van der Waals surface area (Å²) in [5, 5.41) is 61.8. The van der Waals surface area contributed by atoms with Crippen LogP contribution in [0.1, 0.15) is 0 Å². The van der Waals surface area contributed by atoms with Gasteiger partial charge in [0.25, 0.3) is 0 Å². The molecule has 0 radical (unpaired) electrons. The molecule has 0 amide bonds. The van der Waals surface area contributed by atoms with Crippen molar-refractivity contribution in [3.63, 3.8) is 0 Å². The van der Waals surface area contributed by atoms with Crippen molar-refractivity contribution < 1.29 is 39.5 Å². The third kappa shape index (κ3) is 3.66. The normalized spacial score (nSPS) is 11.6. The topological polar surface area (TPSA) is 182 Å². The maximum atomic E-state index is 12.2.